The predicted octanol–water partition coefficient (Wildman–Crippen LogP) is 2.40. The zero-order valence-electron chi connectivity index (χ0n) is 16.6. The molecule has 162 valence electrons. The van der Waals surface area contributed by atoms with Crippen LogP contribution in [-0.2, 0) is 20.4 Å². The molecule has 1 aliphatic heterocycles. The van der Waals surface area contributed by atoms with Gasteiger partial charge in [0.25, 0.3) is 10.2 Å². The number of rotatable bonds is 6. The van der Waals surface area contributed by atoms with Gasteiger partial charge in [0, 0.05) is 19.2 Å². The summed E-state index contributed by atoms with van der Waals surface area (Å²) in [6, 6.07) is 5.62. The second-order valence-corrected chi connectivity index (χ2v) is 9.38. The molecule has 0 radical (unpaired) electrons. The maximum atomic E-state index is 14.2. The van der Waals surface area contributed by atoms with Gasteiger partial charge in [-0.05, 0) is 29.2 Å². The molecule has 3 N–H and O–H groups in total. The molecule has 0 spiro atoms. The highest BCUT2D eigenvalue weighted by molar-refractivity contribution is 7.86. The minimum Gasteiger partial charge on any atom is -0.494 e. The third-order valence-electron chi connectivity index (χ3n) is 5.14. The molecule has 0 atom stereocenters. The number of nitrogens with zero attached hydrogens (tertiary/aromatic N) is 2. The number of methoxy groups -OCH3 is 1. The Morgan fingerprint density at radius 2 is 2.03 bits per heavy atom. The third-order valence-corrected chi connectivity index (χ3v) is 6.33. The lowest BCUT2D eigenvalue weighted by Gasteiger charge is -2.48. The molecule has 30 heavy (non-hydrogen) atoms. The Bertz CT molecular complexity index is 1090. The van der Waals surface area contributed by atoms with Crippen LogP contribution in [0.3, 0.4) is 0 Å². The van der Waals surface area contributed by atoms with E-state index in [-0.39, 0.29) is 35.6 Å². The smallest absolute Gasteiger partial charge is 0.276 e. The summed E-state index contributed by atoms with van der Waals surface area (Å²) < 4.78 is 43.9. The molecule has 11 heteroatoms. The maximum Gasteiger partial charge on any atom is 0.276 e. The van der Waals surface area contributed by atoms with E-state index in [1.807, 2.05) is 13.8 Å². The first-order valence-electron chi connectivity index (χ1n) is 9.06. The zero-order chi connectivity index (χ0) is 22.3. The first kappa shape index (κ1) is 22.4. The SMILES string of the molecule is COc1cc(Cl)ncc1NC(=O)C1(c2cc(F)ccc2C(C)C)CN(S(N)(=O)=O)C1. The largest absolute Gasteiger partial charge is 0.494 e. The summed E-state index contributed by atoms with van der Waals surface area (Å²) in [5, 5.41) is 8.12. The van der Waals surface area contributed by atoms with E-state index in [1.54, 1.807) is 6.07 Å². The Morgan fingerprint density at radius 3 is 2.60 bits per heavy atom. The van der Waals surface area contributed by atoms with Crippen LogP contribution in [-0.4, -0.2) is 43.8 Å². The number of carbonyl (C=O) groups is 1. The Labute approximate surface area is 179 Å². The molecule has 1 fully saturated rings. The number of ether oxygens (including phenoxy) is 1. The van der Waals surface area contributed by atoms with E-state index < -0.39 is 27.3 Å². The molecule has 2 aromatic rings. The minimum absolute atomic E-state index is 0.0273. The van der Waals surface area contributed by atoms with Crippen molar-refractivity contribution in [1.29, 1.82) is 0 Å². The predicted molar refractivity (Wildman–Crippen MR) is 111 cm³/mol. The Hall–Kier alpha value is -2.27. The number of aromatic nitrogens is 1. The molecule has 0 saturated carbocycles. The van der Waals surface area contributed by atoms with Crippen molar-refractivity contribution in [3.05, 3.63) is 52.6 Å². The van der Waals surface area contributed by atoms with Crippen molar-refractivity contribution < 1.29 is 22.3 Å². The summed E-state index contributed by atoms with van der Waals surface area (Å²) in [6.07, 6.45) is 1.33. The number of pyridine rings is 1. The summed E-state index contributed by atoms with van der Waals surface area (Å²) in [7, 11) is -2.60. The lowest BCUT2D eigenvalue weighted by atomic mass is 9.71. The van der Waals surface area contributed by atoms with Gasteiger partial charge in [-0.25, -0.2) is 14.5 Å². The summed E-state index contributed by atoms with van der Waals surface area (Å²) in [4.78, 5) is 17.4. The van der Waals surface area contributed by atoms with Crippen LogP contribution in [0.1, 0.15) is 30.9 Å². The van der Waals surface area contributed by atoms with Crippen LogP contribution in [0.25, 0.3) is 0 Å². The van der Waals surface area contributed by atoms with Gasteiger partial charge in [-0.2, -0.15) is 12.7 Å². The van der Waals surface area contributed by atoms with Gasteiger partial charge < -0.3 is 10.1 Å². The van der Waals surface area contributed by atoms with Crippen LogP contribution in [0.15, 0.2) is 30.5 Å². The topological polar surface area (TPSA) is 115 Å². The number of halogens is 2. The number of hydrogen-bond donors (Lipinski definition) is 2. The summed E-state index contributed by atoms with van der Waals surface area (Å²) in [5.41, 5.74) is 0.0686. The van der Waals surface area contributed by atoms with E-state index in [9.17, 15) is 17.6 Å². The molecule has 0 bridgehead atoms. The van der Waals surface area contributed by atoms with Crippen LogP contribution >= 0.6 is 11.6 Å². The first-order chi connectivity index (χ1) is 14.0. The average molecular weight is 457 g/mol. The quantitative estimate of drug-likeness (QED) is 0.648. The molecule has 0 unspecified atom stereocenters. The van der Waals surface area contributed by atoms with E-state index in [0.717, 1.165) is 9.87 Å². The monoisotopic (exact) mass is 456 g/mol. The lowest BCUT2D eigenvalue weighted by molar-refractivity contribution is -0.125. The van der Waals surface area contributed by atoms with Crippen LogP contribution in [0.5, 0.6) is 5.75 Å². The Kier molecular flexibility index (Phi) is 6.06. The van der Waals surface area contributed by atoms with E-state index >= 15 is 0 Å². The molecule has 3 rings (SSSR count). The van der Waals surface area contributed by atoms with Crippen molar-refractivity contribution in [2.45, 2.75) is 25.2 Å². The van der Waals surface area contributed by atoms with Gasteiger partial charge in [0.15, 0.2) is 0 Å². The molecule has 1 aromatic heterocycles. The van der Waals surface area contributed by atoms with Gasteiger partial charge >= 0.3 is 0 Å². The van der Waals surface area contributed by atoms with Gasteiger partial charge in [0.2, 0.25) is 5.91 Å². The molecule has 1 saturated heterocycles. The highest BCUT2D eigenvalue weighted by Gasteiger charge is 2.55. The molecule has 8 nitrogen and oxygen atoms in total. The van der Waals surface area contributed by atoms with E-state index in [1.165, 1.54) is 31.5 Å². The van der Waals surface area contributed by atoms with Gasteiger partial charge in [-0.1, -0.05) is 31.5 Å². The Morgan fingerprint density at radius 1 is 1.37 bits per heavy atom. The number of hydrogen-bond acceptors (Lipinski definition) is 5. The van der Waals surface area contributed by atoms with Crippen LogP contribution in [0, 0.1) is 5.82 Å². The van der Waals surface area contributed by atoms with Crippen molar-refractivity contribution in [3.8, 4) is 5.75 Å². The van der Waals surface area contributed by atoms with Crippen LogP contribution in [0.2, 0.25) is 5.15 Å². The number of benzene rings is 1. The number of amides is 1. The summed E-state index contributed by atoms with van der Waals surface area (Å²) in [5.74, 6) is -0.802. The summed E-state index contributed by atoms with van der Waals surface area (Å²) in [6.45, 7) is 3.38. The second kappa shape index (κ2) is 8.10. The van der Waals surface area contributed by atoms with E-state index in [4.69, 9.17) is 21.5 Å². The molecular formula is C19H22ClFN4O4S. The number of anilines is 1. The van der Waals surface area contributed by atoms with Crippen molar-refractivity contribution in [2.24, 2.45) is 5.14 Å². The molecule has 1 aromatic carbocycles. The first-order valence-corrected chi connectivity index (χ1v) is 10.9. The van der Waals surface area contributed by atoms with Crippen molar-refractivity contribution in [1.82, 2.24) is 9.29 Å². The van der Waals surface area contributed by atoms with Crippen molar-refractivity contribution in [3.63, 3.8) is 0 Å². The standard InChI is InChI=1S/C19H22ClFN4O4S/c1-11(2)13-5-4-12(21)6-14(13)19(9-25(10-19)30(22,27)28)18(26)24-15-8-23-17(20)7-16(15)29-3/h4-8,11H,9-10H2,1-3H3,(H,24,26)(H2,22,27,28). The molecule has 2 heterocycles. The molecule has 1 amide bonds. The number of nitrogens with two attached hydrogens (primary N) is 1. The minimum atomic E-state index is -4.01. The average Bonchev–Trinajstić information content (AvgIpc) is 2.61. The maximum absolute atomic E-state index is 14.2. The number of carbonyl (C=O) groups excluding carboxylic acids is 1. The van der Waals surface area contributed by atoms with Gasteiger partial charge in [-0.15, -0.1) is 0 Å². The number of nitrogens with one attached hydrogen (secondary N) is 1. The molecular weight excluding hydrogens is 435 g/mol. The molecule has 1 aliphatic rings. The fourth-order valence-corrected chi connectivity index (χ4v) is 4.48. The van der Waals surface area contributed by atoms with Crippen LogP contribution < -0.4 is 15.2 Å². The van der Waals surface area contributed by atoms with Gasteiger partial charge in [0.05, 0.1) is 13.3 Å². The highest BCUT2D eigenvalue weighted by atomic mass is 35.5. The second-order valence-electron chi connectivity index (χ2n) is 7.44. The van der Waals surface area contributed by atoms with Crippen molar-refractivity contribution >= 4 is 33.4 Å². The lowest BCUT2D eigenvalue weighted by Crippen LogP contribution is -2.67. The fourth-order valence-electron chi connectivity index (χ4n) is 3.54. The zero-order valence-corrected chi connectivity index (χ0v) is 18.2. The normalized spacial score (nSPS) is 16.2. The molecule has 0 aliphatic carbocycles. The van der Waals surface area contributed by atoms with Crippen molar-refractivity contribution in [2.75, 3.05) is 25.5 Å². The summed E-state index contributed by atoms with van der Waals surface area (Å²) >= 11 is 5.87. The van der Waals surface area contributed by atoms with E-state index in [0.29, 0.717) is 5.56 Å². The van der Waals surface area contributed by atoms with Crippen LogP contribution in [0.4, 0.5) is 10.1 Å². The third kappa shape index (κ3) is 4.13. The van der Waals surface area contributed by atoms with Gasteiger partial charge in [-0.3, -0.25) is 4.79 Å². The Balaban J connectivity index is 2.07. The highest BCUT2D eigenvalue weighted by Crippen LogP contribution is 2.41. The van der Waals surface area contributed by atoms with E-state index in [2.05, 4.69) is 10.3 Å². The van der Waals surface area contributed by atoms with Gasteiger partial charge in [0.1, 0.15) is 27.8 Å². The fraction of sp³-hybridized carbons (Fsp3) is 0.368.